The normalized spacial score (nSPS) is 45.9. The lowest BCUT2D eigenvalue weighted by Gasteiger charge is -2.42. The standard InChI is InChI=1S/C16H26O3/c17-15(13-9-12-3-4-14(13)19-12)11-5-8-18-16(10-11)6-1-2-7-16/h11-15,17H,1-10H2. The summed E-state index contributed by atoms with van der Waals surface area (Å²) in [6.45, 7) is 0.851. The second-order valence-corrected chi connectivity index (χ2v) is 7.26. The van der Waals surface area contributed by atoms with Crippen LogP contribution in [0.3, 0.4) is 0 Å². The van der Waals surface area contributed by atoms with Gasteiger partial charge >= 0.3 is 0 Å². The van der Waals surface area contributed by atoms with Crippen LogP contribution >= 0.6 is 0 Å². The summed E-state index contributed by atoms with van der Waals surface area (Å²) >= 11 is 0. The topological polar surface area (TPSA) is 38.7 Å². The van der Waals surface area contributed by atoms with Crippen molar-refractivity contribution in [3.05, 3.63) is 0 Å². The van der Waals surface area contributed by atoms with Gasteiger partial charge in [0.1, 0.15) is 0 Å². The molecule has 0 aromatic heterocycles. The van der Waals surface area contributed by atoms with Crippen LogP contribution in [-0.2, 0) is 9.47 Å². The van der Waals surface area contributed by atoms with Gasteiger partial charge in [0.2, 0.25) is 0 Å². The van der Waals surface area contributed by atoms with Gasteiger partial charge in [-0.25, -0.2) is 0 Å². The molecule has 3 heterocycles. The van der Waals surface area contributed by atoms with Gasteiger partial charge in [-0.3, -0.25) is 0 Å². The Morgan fingerprint density at radius 3 is 2.63 bits per heavy atom. The molecule has 4 fully saturated rings. The first-order valence-electron chi connectivity index (χ1n) is 8.23. The lowest BCUT2D eigenvalue weighted by molar-refractivity contribution is -0.123. The molecule has 5 atom stereocenters. The molecule has 0 aromatic carbocycles. The second-order valence-electron chi connectivity index (χ2n) is 7.26. The Balaban J connectivity index is 1.43. The minimum atomic E-state index is -0.156. The van der Waals surface area contributed by atoms with Crippen LogP contribution in [0.4, 0.5) is 0 Å². The monoisotopic (exact) mass is 266 g/mol. The summed E-state index contributed by atoms with van der Waals surface area (Å²) in [6.07, 6.45) is 11.3. The van der Waals surface area contributed by atoms with E-state index in [9.17, 15) is 5.11 Å². The molecule has 1 saturated carbocycles. The first-order chi connectivity index (χ1) is 9.26. The summed E-state index contributed by atoms with van der Waals surface area (Å²) in [5, 5.41) is 10.8. The highest BCUT2D eigenvalue weighted by Crippen LogP contribution is 2.47. The third kappa shape index (κ3) is 2.14. The van der Waals surface area contributed by atoms with E-state index in [-0.39, 0.29) is 11.7 Å². The quantitative estimate of drug-likeness (QED) is 0.835. The molecule has 5 unspecified atom stereocenters. The van der Waals surface area contributed by atoms with Crippen molar-refractivity contribution in [3.63, 3.8) is 0 Å². The summed E-state index contributed by atoms with van der Waals surface area (Å²) < 4.78 is 12.0. The van der Waals surface area contributed by atoms with Gasteiger partial charge in [0, 0.05) is 12.5 Å². The Kier molecular flexibility index (Phi) is 3.13. The Bertz CT molecular complexity index is 337. The van der Waals surface area contributed by atoms with E-state index in [1.165, 1.54) is 38.5 Å². The van der Waals surface area contributed by atoms with Crippen LogP contribution in [0.25, 0.3) is 0 Å². The molecule has 0 amide bonds. The van der Waals surface area contributed by atoms with Crippen molar-refractivity contribution in [2.45, 2.75) is 81.7 Å². The van der Waals surface area contributed by atoms with Crippen molar-refractivity contribution in [2.24, 2.45) is 11.8 Å². The molecule has 3 saturated heterocycles. The molecule has 3 nitrogen and oxygen atoms in total. The molecule has 0 aromatic rings. The molecular formula is C16H26O3. The van der Waals surface area contributed by atoms with E-state index in [1.54, 1.807) is 0 Å². The van der Waals surface area contributed by atoms with E-state index in [4.69, 9.17) is 9.47 Å². The van der Waals surface area contributed by atoms with Gasteiger partial charge in [-0.05, 0) is 50.9 Å². The zero-order valence-corrected chi connectivity index (χ0v) is 11.7. The van der Waals surface area contributed by atoms with Crippen LogP contribution in [0.1, 0.15) is 57.8 Å². The molecule has 4 rings (SSSR count). The molecule has 1 N–H and O–H groups in total. The maximum Gasteiger partial charge on any atom is 0.0686 e. The molecule has 1 spiro atoms. The van der Waals surface area contributed by atoms with Crippen LogP contribution in [0, 0.1) is 11.8 Å². The molecule has 108 valence electrons. The fraction of sp³-hybridized carbons (Fsp3) is 1.00. The number of aliphatic hydroxyl groups is 1. The molecular weight excluding hydrogens is 240 g/mol. The Labute approximate surface area is 115 Å². The number of aliphatic hydroxyl groups excluding tert-OH is 1. The first-order valence-corrected chi connectivity index (χ1v) is 8.23. The molecule has 4 aliphatic rings. The van der Waals surface area contributed by atoms with Gasteiger partial charge < -0.3 is 14.6 Å². The average Bonchev–Trinajstić information content (AvgIpc) is 3.14. The van der Waals surface area contributed by atoms with Gasteiger partial charge in [0.05, 0.1) is 23.9 Å². The summed E-state index contributed by atoms with van der Waals surface area (Å²) in [4.78, 5) is 0. The van der Waals surface area contributed by atoms with E-state index in [1.807, 2.05) is 0 Å². The molecule has 1 aliphatic carbocycles. The van der Waals surface area contributed by atoms with E-state index in [2.05, 4.69) is 0 Å². The Hall–Kier alpha value is -0.120. The van der Waals surface area contributed by atoms with Gasteiger partial charge in [0.25, 0.3) is 0 Å². The van der Waals surface area contributed by atoms with Crippen molar-refractivity contribution in [2.75, 3.05) is 6.61 Å². The van der Waals surface area contributed by atoms with Crippen LogP contribution in [0.15, 0.2) is 0 Å². The van der Waals surface area contributed by atoms with Crippen molar-refractivity contribution in [1.82, 2.24) is 0 Å². The van der Waals surface area contributed by atoms with Crippen molar-refractivity contribution >= 4 is 0 Å². The third-order valence-corrected chi connectivity index (χ3v) is 6.12. The van der Waals surface area contributed by atoms with Gasteiger partial charge in [-0.1, -0.05) is 12.8 Å². The van der Waals surface area contributed by atoms with Gasteiger partial charge in [-0.2, -0.15) is 0 Å². The minimum Gasteiger partial charge on any atom is -0.392 e. The number of rotatable bonds is 2. The first kappa shape index (κ1) is 12.6. The predicted octanol–water partition coefficient (Wildman–Crippen LogP) is 2.65. The Morgan fingerprint density at radius 2 is 1.95 bits per heavy atom. The number of fused-ring (bicyclic) bond motifs is 2. The van der Waals surface area contributed by atoms with E-state index >= 15 is 0 Å². The highest BCUT2D eigenvalue weighted by molar-refractivity contribution is 4.98. The van der Waals surface area contributed by atoms with Crippen LogP contribution < -0.4 is 0 Å². The minimum absolute atomic E-state index is 0.127. The lowest BCUT2D eigenvalue weighted by Crippen LogP contribution is -2.44. The highest BCUT2D eigenvalue weighted by atomic mass is 16.5. The van der Waals surface area contributed by atoms with E-state index in [0.717, 1.165) is 25.9 Å². The zero-order valence-electron chi connectivity index (χ0n) is 11.7. The summed E-state index contributed by atoms with van der Waals surface area (Å²) in [5.41, 5.74) is 0.127. The van der Waals surface area contributed by atoms with Crippen molar-refractivity contribution in [3.8, 4) is 0 Å². The second kappa shape index (κ2) is 4.71. The third-order valence-electron chi connectivity index (χ3n) is 6.12. The summed E-state index contributed by atoms with van der Waals surface area (Å²) in [6, 6.07) is 0. The predicted molar refractivity (Wildman–Crippen MR) is 71.9 cm³/mol. The largest absolute Gasteiger partial charge is 0.392 e. The van der Waals surface area contributed by atoms with E-state index in [0.29, 0.717) is 24.0 Å². The zero-order chi connectivity index (χ0) is 12.9. The molecule has 3 heteroatoms. The smallest absolute Gasteiger partial charge is 0.0686 e. The summed E-state index contributed by atoms with van der Waals surface area (Å²) in [5.74, 6) is 0.847. The SMILES string of the molecule is OC(C1CCOC2(CCCC2)C1)C1CC2CCC1O2. The average molecular weight is 266 g/mol. The van der Waals surface area contributed by atoms with Crippen LogP contribution in [0.5, 0.6) is 0 Å². The lowest BCUT2D eigenvalue weighted by atomic mass is 9.74. The summed E-state index contributed by atoms with van der Waals surface area (Å²) in [7, 11) is 0. The maximum absolute atomic E-state index is 10.8. The van der Waals surface area contributed by atoms with Crippen molar-refractivity contribution in [1.29, 1.82) is 0 Å². The van der Waals surface area contributed by atoms with Crippen molar-refractivity contribution < 1.29 is 14.6 Å². The van der Waals surface area contributed by atoms with Gasteiger partial charge in [-0.15, -0.1) is 0 Å². The molecule has 2 bridgehead atoms. The van der Waals surface area contributed by atoms with Gasteiger partial charge in [0.15, 0.2) is 0 Å². The maximum atomic E-state index is 10.8. The fourth-order valence-corrected chi connectivity index (χ4v) is 5.11. The fourth-order valence-electron chi connectivity index (χ4n) is 5.11. The number of hydrogen-bond acceptors (Lipinski definition) is 3. The van der Waals surface area contributed by atoms with Crippen LogP contribution in [-0.4, -0.2) is 35.6 Å². The molecule has 0 radical (unpaired) electrons. The number of hydrogen-bond donors (Lipinski definition) is 1. The Morgan fingerprint density at radius 1 is 1.11 bits per heavy atom. The van der Waals surface area contributed by atoms with E-state index < -0.39 is 0 Å². The highest BCUT2D eigenvalue weighted by Gasteiger charge is 2.49. The number of ether oxygens (including phenoxy) is 2. The molecule has 3 aliphatic heterocycles. The molecule has 19 heavy (non-hydrogen) atoms. The van der Waals surface area contributed by atoms with Crippen LogP contribution in [0.2, 0.25) is 0 Å².